The Morgan fingerprint density at radius 2 is 0.468 bits per heavy atom. The molecule has 1 fully saturated rings. The number of unbranched alkanes of at least 4 members (excludes halogenated alkanes) is 28. The molecule has 0 bridgehead atoms. The van der Waals surface area contributed by atoms with Gasteiger partial charge in [0.05, 0.1) is 0 Å². The van der Waals surface area contributed by atoms with Crippen molar-refractivity contribution in [3.8, 4) is 0 Å². The Labute approximate surface area is 389 Å². The number of carbonyl (C=O) groups excluding carboxylic acids is 2. The molecule has 0 N–H and O–H groups in total. The van der Waals surface area contributed by atoms with Crippen LogP contribution in [0.3, 0.4) is 0 Å². The summed E-state index contributed by atoms with van der Waals surface area (Å²) < 4.78 is 0. The van der Waals surface area contributed by atoms with Gasteiger partial charge in [0.25, 0.3) is 0 Å². The highest BCUT2D eigenvalue weighted by Crippen LogP contribution is 2.15. The maximum Gasteiger partial charge on any atom is 0.223 e. The zero-order valence-electron chi connectivity index (χ0n) is 43.0. The van der Waals surface area contributed by atoms with Gasteiger partial charge in [-0.25, -0.2) is 0 Å². The van der Waals surface area contributed by atoms with E-state index in [2.05, 4.69) is 59.1 Å². The lowest BCUT2D eigenvalue weighted by atomic mass is 10.1. The first-order valence-corrected chi connectivity index (χ1v) is 28.2. The average molecular weight is 875 g/mol. The number of hydrogen-bond acceptors (Lipinski definition) is 5. The number of carbonyl (C=O) groups is 2. The summed E-state index contributed by atoms with van der Waals surface area (Å²) in [6.07, 6.45) is 45.5. The van der Waals surface area contributed by atoms with Crippen molar-refractivity contribution >= 4 is 11.8 Å². The van der Waals surface area contributed by atoms with E-state index in [4.69, 9.17) is 0 Å². The van der Waals surface area contributed by atoms with Gasteiger partial charge >= 0.3 is 0 Å². The van der Waals surface area contributed by atoms with E-state index in [1.807, 2.05) is 0 Å². The molecule has 0 unspecified atom stereocenters. The highest BCUT2D eigenvalue weighted by molar-refractivity contribution is 5.78. The van der Waals surface area contributed by atoms with Crippen LogP contribution >= 0.6 is 0 Å². The fourth-order valence-electron chi connectivity index (χ4n) is 9.43. The predicted molar refractivity (Wildman–Crippen MR) is 272 cm³/mol. The van der Waals surface area contributed by atoms with E-state index in [0.29, 0.717) is 39.0 Å². The van der Waals surface area contributed by atoms with E-state index in [1.54, 1.807) is 0 Å². The fourth-order valence-corrected chi connectivity index (χ4v) is 9.43. The van der Waals surface area contributed by atoms with Gasteiger partial charge in [0.15, 0.2) is 0 Å². The Morgan fingerprint density at radius 1 is 0.274 bits per heavy atom. The molecule has 0 aliphatic carbocycles. The van der Waals surface area contributed by atoms with Gasteiger partial charge in [-0.3, -0.25) is 9.59 Å². The van der Waals surface area contributed by atoms with E-state index in [-0.39, 0.29) is 11.8 Å². The molecule has 0 aromatic carbocycles. The molecule has 368 valence electrons. The molecule has 2 amide bonds. The maximum atomic E-state index is 13.7. The van der Waals surface area contributed by atoms with E-state index in [0.717, 1.165) is 45.8 Å². The molecule has 0 radical (unpaired) electrons. The lowest BCUT2D eigenvalue weighted by molar-refractivity contribution is -0.140. The normalized spacial score (nSPS) is 13.4. The van der Waals surface area contributed by atoms with Crippen molar-refractivity contribution in [3.63, 3.8) is 0 Å². The van der Waals surface area contributed by atoms with Gasteiger partial charge in [-0.1, -0.05) is 214 Å². The summed E-state index contributed by atoms with van der Waals surface area (Å²) in [6.45, 7) is 24.0. The van der Waals surface area contributed by atoms with Gasteiger partial charge in [0, 0.05) is 65.2 Å². The minimum Gasteiger partial charge on any atom is -0.339 e. The minimum atomic E-state index is 0.284. The Morgan fingerprint density at radius 3 is 0.710 bits per heavy atom. The van der Waals surface area contributed by atoms with Crippen molar-refractivity contribution in [1.29, 1.82) is 0 Å². The summed E-state index contributed by atoms with van der Waals surface area (Å²) in [5.74, 6) is 0.569. The number of nitrogens with zero attached hydrogens (tertiary/aromatic N) is 5. The third-order valence-electron chi connectivity index (χ3n) is 13.9. The molecule has 0 atom stereocenters. The van der Waals surface area contributed by atoms with Crippen LogP contribution in [-0.4, -0.2) is 121 Å². The summed E-state index contributed by atoms with van der Waals surface area (Å²) >= 11 is 0. The van der Waals surface area contributed by atoms with Crippen molar-refractivity contribution in [3.05, 3.63) is 0 Å². The molecule has 0 aromatic heterocycles. The molecule has 7 nitrogen and oxygen atoms in total. The van der Waals surface area contributed by atoms with E-state index in [1.165, 1.54) is 225 Å². The second-order valence-electron chi connectivity index (χ2n) is 19.7. The molecule has 1 heterocycles. The highest BCUT2D eigenvalue weighted by Gasteiger charge is 2.25. The zero-order chi connectivity index (χ0) is 45.0. The van der Waals surface area contributed by atoms with Crippen LogP contribution in [0.4, 0.5) is 0 Å². The van der Waals surface area contributed by atoms with Gasteiger partial charge in [-0.15, -0.1) is 0 Å². The first-order chi connectivity index (χ1) is 30.5. The third-order valence-corrected chi connectivity index (χ3v) is 13.9. The van der Waals surface area contributed by atoms with Gasteiger partial charge < -0.3 is 24.5 Å². The molecule has 1 aliphatic heterocycles. The number of piperazine rings is 1. The van der Waals surface area contributed by atoms with Crippen LogP contribution in [0.5, 0.6) is 0 Å². The molecular formula is C55H111N5O2. The van der Waals surface area contributed by atoms with Gasteiger partial charge in [0.1, 0.15) is 0 Å². The first-order valence-electron chi connectivity index (χ1n) is 28.2. The molecule has 1 saturated heterocycles. The lowest BCUT2D eigenvalue weighted by Gasteiger charge is -2.36. The van der Waals surface area contributed by atoms with Crippen molar-refractivity contribution < 1.29 is 9.59 Å². The molecule has 7 heteroatoms. The van der Waals surface area contributed by atoms with Crippen LogP contribution in [0.15, 0.2) is 0 Å². The molecule has 1 rings (SSSR count). The monoisotopic (exact) mass is 874 g/mol. The van der Waals surface area contributed by atoms with Gasteiger partial charge in [-0.05, 0) is 64.8 Å². The van der Waals surface area contributed by atoms with Crippen LogP contribution in [0.25, 0.3) is 0 Å². The molecule has 0 aromatic rings. The quantitative estimate of drug-likeness (QED) is 0.0570. The van der Waals surface area contributed by atoms with Crippen molar-refractivity contribution in [2.24, 2.45) is 0 Å². The van der Waals surface area contributed by atoms with Crippen LogP contribution < -0.4 is 0 Å². The summed E-state index contributed by atoms with van der Waals surface area (Å²) in [5.41, 5.74) is 0. The van der Waals surface area contributed by atoms with Gasteiger partial charge in [-0.2, -0.15) is 0 Å². The Bertz CT molecular complexity index is 920. The minimum absolute atomic E-state index is 0.284. The van der Waals surface area contributed by atoms with Crippen LogP contribution in [-0.2, 0) is 9.59 Å². The van der Waals surface area contributed by atoms with E-state index in [9.17, 15) is 9.59 Å². The Kier molecular flexibility index (Phi) is 42.7. The number of amides is 2. The van der Waals surface area contributed by atoms with Gasteiger partial charge in [0.2, 0.25) is 11.8 Å². The standard InChI is InChI=1S/C55H111N5O2/c1-6-11-16-21-25-30-35-41-56(42-36-31-26-22-17-12-7-2)46-39-54(61)59-50-52-60(53-51-59)55(62)40-47-58(45-34-29-20-15-10-5)49-48-57(43-37-32-27-23-18-13-8-3)44-38-33-28-24-19-14-9-4/h6-53H2,1-5H3. The predicted octanol–water partition coefficient (Wildman–Crippen LogP) is 14.3. The Balaban J connectivity index is 2.64. The zero-order valence-corrected chi connectivity index (χ0v) is 43.0. The van der Waals surface area contributed by atoms with Crippen molar-refractivity contribution in [1.82, 2.24) is 24.5 Å². The first kappa shape index (κ1) is 58.8. The second kappa shape index (κ2) is 45.0. The topological polar surface area (TPSA) is 50.3 Å². The highest BCUT2D eigenvalue weighted by atomic mass is 16.2. The maximum absolute atomic E-state index is 13.7. The smallest absolute Gasteiger partial charge is 0.223 e. The summed E-state index contributed by atoms with van der Waals surface area (Å²) in [5, 5.41) is 0. The van der Waals surface area contributed by atoms with E-state index >= 15 is 0 Å². The molecule has 62 heavy (non-hydrogen) atoms. The van der Waals surface area contributed by atoms with Crippen LogP contribution in [0.2, 0.25) is 0 Å². The molecule has 0 spiro atoms. The fraction of sp³-hybridized carbons (Fsp3) is 0.964. The Hall–Kier alpha value is -1.18. The average Bonchev–Trinajstić information content (AvgIpc) is 3.29. The van der Waals surface area contributed by atoms with Crippen LogP contribution in [0.1, 0.15) is 259 Å². The second-order valence-corrected chi connectivity index (χ2v) is 19.7. The molecule has 1 aliphatic rings. The molecular weight excluding hydrogens is 763 g/mol. The summed E-state index contributed by atoms with van der Waals surface area (Å²) in [7, 11) is 0. The lowest BCUT2D eigenvalue weighted by Crippen LogP contribution is -2.51. The summed E-state index contributed by atoms with van der Waals surface area (Å²) in [6, 6.07) is 0. The van der Waals surface area contributed by atoms with Crippen molar-refractivity contribution in [2.75, 3.05) is 85.1 Å². The van der Waals surface area contributed by atoms with Crippen LogP contribution in [0, 0.1) is 0 Å². The largest absolute Gasteiger partial charge is 0.339 e. The molecule has 0 saturated carbocycles. The SMILES string of the molecule is CCCCCCCCCN(CCCCCCCCC)CCC(=O)N1CCN(C(=O)CCN(CCCCCCC)CCN(CCCCCCCCC)CCCCCCCCC)CC1. The summed E-state index contributed by atoms with van der Waals surface area (Å²) in [4.78, 5) is 39.3. The van der Waals surface area contributed by atoms with Crippen molar-refractivity contribution in [2.45, 2.75) is 259 Å². The van der Waals surface area contributed by atoms with E-state index < -0.39 is 0 Å². The third kappa shape index (κ3) is 35.1. The number of hydrogen-bond donors (Lipinski definition) is 0. The number of rotatable bonds is 47.